The second-order valence-electron chi connectivity index (χ2n) is 6.38. The normalized spacial score (nSPS) is 18.0. The van der Waals surface area contributed by atoms with Crippen LogP contribution < -0.4 is 10.6 Å². The highest BCUT2D eigenvalue weighted by molar-refractivity contribution is 14.0. The summed E-state index contributed by atoms with van der Waals surface area (Å²) in [5, 5.41) is 8.30. The summed E-state index contributed by atoms with van der Waals surface area (Å²) in [5.41, 5.74) is 3.90. The molecule has 0 radical (unpaired) electrons. The smallest absolute Gasteiger partial charge is 0.191 e. The number of para-hydroxylation sites is 1. The van der Waals surface area contributed by atoms with Crippen LogP contribution in [0.25, 0.3) is 10.9 Å². The molecule has 0 bridgehead atoms. The summed E-state index contributed by atoms with van der Waals surface area (Å²) in [5.74, 6) is 3.44. The van der Waals surface area contributed by atoms with E-state index in [0.29, 0.717) is 6.04 Å². The quantitative estimate of drug-likeness (QED) is 0.349. The van der Waals surface area contributed by atoms with Crippen molar-refractivity contribution in [1.82, 2.24) is 15.6 Å². The van der Waals surface area contributed by atoms with Gasteiger partial charge in [-0.25, -0.2) is 0 Å². The summed E-state index contributed by atoms with van der Waals surface area (Å²) < 4.78 is 0. The zero-order chi connectivity index (χ0) is 16.8. The van der Waals surface area contributed by atoms with E-state index in [4.69, 9.17) is 4.99 Å². The van der Waals surface area contributed by atoms with E-state index in [9.17, 15) is 0 Å². The molecule has 1 aliphatic rings. The number of aromatic amines is 1. The van der Waals surface area contributed by atoms with E-state index >= 15 is 0 Å². The molecule has 3 rings (SSSR count). The lowest BCUT2D eigenvalue weighted by Gasteiger charge is -2.24. The number of nitrogens with one attached hydrogen (secondary N) is 3. The van der Waals surface area contributed by atoms with Crippen molar-refractivity contribution >= 4 is 52.6 Å². The first-order chi connectivity index (χ1) is 11.8. The van der Waals surface area contributed by atoms with Gasteiger partial charge in [0.15, 0.2) is 5.96 Å². The number of fused-ring (bicyclic) bond motifs is 1. The lowest BCUT2D eigenvalue weighted by atomic mass is 10.1. The number of benzene rings is 1. The molecule has 0 spiro atoms. The minimum atomic E-state index is 0. The molecule has 25 heavy (non-hydrogen) atoms. The molecule has 1 aromatic heterocycles. The third-order valence-corrected chi connectivity index (χ3v) is 5.72. The van der Waals surface area contributed by atoms with Crippen molar-refractivity contribution in [2.45, 2.75) is 39.2 Å². The number of rotatable bonds is 5. The average molecular weight is 472 g/mol. The Labute approximate surface area is 172 Å². The van der Waals surface area contributed by atoms with Crippen molar-refractivity contribution in [1.29, 1.82) is 0 Å². The van der Waals surface area contributed by atoms with Crippen LogP contribution in [-0.2, 0) is 6.42 Å². The SMILES string of the molecule is CCNC(=NCCc1c[nH]c2c(C)cccc12)NC1CCCSC1.I. The third kappa shape index (κ3) is 5.54. The molecule has 4 nitrogen and oxygen atoms in total. The van der Waals surface area contributed by atoms with E-state index in [1.54, 1.807) is 0 Å². The fourth-order valence-corrected chi connectivity index (χ4v) is 4.30. The molecule has 1 fully saturated rings. The standard InChI is InChI=1S/C19H28N4S.HI/c1-3-20-19(23-16-7-5-11-24-13-16)21-10-9-15-12-22-18-14(2)6-4-8-17(15)18;/h4,6,8,12,16,22H,3,5,7,9-11,13H2,1-2H3,(H2,20,21,23);1H. The van der Waals surface area contributed by atoms with Gasteiger partial charge in [0, 0.05) is 42.0 Å². The third-order valence-electron chi connectivity index (χ3n) is 4.51. The average Bonchev–Trinajstić information content (AvgIpc) is 3.01. The molecule has 0 amide bonds. The van der Waals surface area contributed by atoms with Crippen molar-refractivity contribution in [3.8, 4) is 0 Å². The Morgan fingerprint density at radius 3 is 3.04 bits per heavy atom. The van der Waals surface area contributed by atoms with Gasteiger partial charge in [-0.2, -0.15) is 11.8 Å². The van der Waals surface area contributed by atoms with Crippen LogP contribution in [0, 0.1) is 6.92 Å². The Morgan fingerprint density at radius 2 is 2.28 bits per heavy atom. The van der Waals surface area contributed by atoms with Gasteiger partial charge < -0.3 is 15.6 Å². The highest BCUT2D eigenvalue weighted by atomic mass is 127. The first kappa shape index (κ1) is 20.4. The van der Waals surface area contributed by atoms with Gasteiger partial charge in [-0.3, -0.25) is 4.99 Å². The first-order valence-corrected chi connectivity index (χ1v) is 10.1. The van der Waals surface area contributed by atoms with Gasteiger partial charge in [-0.15, -0.1) is 24.0 Å². The van der Waals surface area contributed by atoms with Crippen LogP contribution in [0.2, 0.25) is 0 Å². The van der Waals surface area contributed by atoms with Crippen molar-refractivity contribution in [2.75, 3.05) is 24.6 Å². The number of aromatic nitrogens is 1. The Bertz CT molecular complexity index is 692. The van der Waals surface area contributed by atoms with Crippen LogP contribution >= 0.6 is 35.7 Å². The predicted molar refractivity (Wildman–Crippen MR) is 122 cm³/mol. The van der Waals surface area contributed by atoms with Crippen LogP contribution in [0.3, 0.4) is 0 Å². The van der Waals surface area contributed by atoms with Gasteiger partial charge in [0.05, 0.1) is 0 Å². The molecule has 0 aliphatic carbocycles. The van der Waals surface area contributed by atoms with Gasteiger partial charge >= 0.3 is 0 Å². The first-order valence-electron chi connectivity index (χ1n) is 8.96. The molecule has 2 aromatic rings. The minimum Gasteiger partial charge on any atom is -0.361 e. The molecule has 3 N–H and O–H groups in total. The maximum absolute atomic E-state index is 4.78. The molecular formula is C19H29IN4S. The van der Waals surface area contributed by atoms with Gasteiger partial charge in [0.1, 0.15) is 0 Å². The number of hydrogen-bond donors (Lipinski definition) is 3. The number of aliphatic imine (C=N–C) groups is 1. The Balaban J connectivity index is 0.00000225. The van der Waals surface area contributed by atoms with E-state index in [1.165, 1.54) is 46.4 Å². The fraction of sp³-hybridized carbons (Fsp3) is 0.526. The lowest BCUT2D eigenvalue weighted by molar-refractivity contribution is 0.582. The Hall–Kier alpha value is -0.890. The van der Waals surface area contributed by atoms with Crippen molar-refractivity contribution in [3.05, 3.63) is 35.5 Å². The van der Waals surface area contributed by atoms with Gasteiger partial charge in [0.25, 0.3) is 0 Å². The van der Waals surface area contributed by atoms with Gasteiger partial charge in [0.2, 0.25) is 0 Å². The number of nitrogens with zero attached hydrogens (tertiary/aromatic N) is 1. The summed E-state index contributed by atoms with van der Waals surface area (Å²) >= 11 is 2.04. The van der Waals surface area contributed by atoms with Crippen LogP contribution in [-0.4, -0.2) is 41.6 Å². The number of aryl methyl sites for hydroxylation is 1. The molecule has 138 valence electrons. The van der Waals surface area contributed by atoms with Crippen LogP contribution in [0.5, 0.6) is 0 Å². The summed E-state index contributed by atoms with van der Waals surface area (Å²) in [4.78, 5) is 8.19. The molecular weight excluding hydrogens is 443 g/mol. The highest BCUT2D eigenvalue weighted by Crippen LogP contribution is 2.21. The summed E-state index contributed by atoms with van der Waals surface area (Å²) in [7, 11) is 0. The minimum absolute atomic E-state index is 0. The largest absolute Gasteiger partial charge is 0.361 e. The van der Waals surface area contributed by atoms with Crippen LogP contribution in [0.1, 0.15) is 30.9 Å². The molecule has 6 heteroatoms. The maximum atomic E-state index is 4.78. The van der Waals surface area contributed by atoms with E-state index in [1.807, 2.05) is 11.8 Å². The zero-order valence-electron chi connectivity index (χ0n) is 15.1. The fourth-order valence-electron chi connectivity index (χ4n) is 3.23. The molecule has 1 aliphatic heterocycles. The molecule has 2 heterocycles. The van der Waals surface area contributed by atoms with Crippen LogP contribution in [0.15, 0.2) is 29.4 Å². The van der Waals surface area contributed by atoms with Crippen molar-refractivity contribution < 1.29 is 0 Å². The molecule has 1 atom stereocenters. The van der Waals surface area contributed by atoms with E-state index < -0.39 is 0 Å². The molecule has 1 unspecified atom stereocenters. The van der Waals surface area contributed by atoms with Crippen molar-refractivity contribution in [2.24, 2.45) is 4.99 Å². The second-order valence-corrected chi connectivity index (χ2v) is 7.53. The predicted octanol–water partition coefficient (Wildman–Crippen LogP) is 4.09. The maximum Gasteiger partial charge on any atom is 0.191 e. The van der Waals surface area contributed by atoms with E-state index in [-0.39, 0.29) is 24.0 Å². The summed E-state index contributed by atoms with van der Waals surface area (Å²) in [6.07, 6.45) is 5.64. The Morgan fingerprint density at radius 1 is 1.40 bits per heavy atom. The van der Waals surface area contributed by atoms with Crippen LogP contribution in [0.4, 0.5) is 0 Å². The second kappa shape index (κ2) is 10.3. The summed E-state index contributed by atoms with van der Waals surface area (Å²) in [6.45, 7) is 5.97. The van der Waals surface area contributed by atoms with Gasteiger partial charge in [-0.05, 0) is 50.0 Å². The topological polar surface area (TPSA) is 52.2 Å². The summed E-state index contributed by atoms with van der Waals surface area (Å²) in [6, 6.07) is 7.03. The number of halogens is 1. The van der Waals surface area contributed by atoms with E-state index in [2.05, 4.69) is 53.9 Å². The van der Waals surface area contributed by atoms with Gasteiger partial charge in [-0.1, -0.05) is 18.2 Å². The molecule has 1 saturated heterocycles. The highest BCUT2D eigenvalue weighted by Gasteiger charge is 2.14. The molecule has 1 aromatic carbocycles. The molecule has 0 saturated carbocycles. The monoisotopic (exact) mass is 472 g/mol. The number of hydrogen-bond acceptors (Lipinski definition) is 2. The Kier molecular flexibility index (Phi) is 8.42. The number of thioether (sulfide) groups is 1. The van der Waals surface area contributed by atoms with Crippen molar-refractivity contribution in [3.63, 3.8) is 0 Å². The zero-order valence-corrected chi connectivity index (χ0v) is 18.2. The van der Waals surface area contributed by atoms with E-state index in [0.717, 1.165) is 25.5 Å². The number of guanidine groups is 1. The number of H-pyrrole nitrogens is 1. The lowest BCUT2D eigenvalue weighted by Crippen LogP contribution is -2.45.